The maximum atomic E-state index is 12.6. The van der Waals surface area contributed by atoms with E-state index < -0.39 is 0 Å². The second-order valence-electron chi connectivity index (χ2n) is 6.80. The summed E-state index contributed by atoms with van der Waals surface area (Å²) in [5.74, 6) is 1.06. The molecule has 0 spiro atoms. The fourth-order valence-electron chi connectivity index (χ4n) is 3.25. The van der Waals surface area contributed by atoms with Gasteiger partial charge in [-0.15, -0.1) is 11.3 Å². The molecule has 0 N–H and O–H groups in total. The molecule has 1 aliphatic rings. The second kappa shape index (κ2) is 7.28. The van der Waals surface area contributed by atoms with Gasteiger partial charge in [0, 0.05) is 25.2 Å². The Hall–Kier alpha value is -2.45. The lowest BCUT2D eigenvalue weighted by Crippen LogP contribution is -2.48. The number of aryl methyl sites for hydroxylation is 1. The molecule has 8 heteroatoms. The van der Waals surface area contributed by atoms with Crippen LogP contribution in [0, 0.1) is 6.92 Å². The molecule has 0 aliphatic carbocycles. The van der Waals surface area contributed by atoms with Crippen molar-refractivity contribution in [3.8, 4) is 5.75 Å². The average Bonchev–Trinajstić information content (AvgIpc) is 3.23. The Morgan fingerprint density at radius 3 is 2.85 bits per heavy atom. The van der Waals surface area contributed by atoms with E-state index >= 15 is 0 Å². The molecule has 0 saturated carbocycles. The van der Waals surface area contributed by atoms with E-state index in [1.165, 1.54) is 0 Å². The number of hydrogen-bond acceptors (Lipinski definition) is 7. The largest absolute Gasteiger partial charge is 0.485 e. The lowest BCUT2D eigenvalue weighted by molar-refractivity contribution is -0.0588. The smallest absolute Gasteiger partial charge is 0.276 e. The number of hydrogen-bond donors (Lipinski definition) is 0. The van der Waals surface area contributed by atoms with Gasteiger partial charge in [0.2, 0.25) is 0 Å². The van der Waals surface area contributed by atoms with Gasteiger partial charge < -0.3 is 18.9 Å². The summed E-state index contributed by atoms with van der Waals surface area (Å²) in [6.07, 6.45) is 0.0216. The molecule has 1 saturated heterocycles. The van der Waals surface area contributed by atoms with Gasteiger partial charge in [0.05, 0.1) is 27.4 Å². The third kappa shape index (κ3) is 3.96. The molecule has 1 aromatic carbocycles. The Bertz CT molecular complexity index is 957. The van der Waals surface area contributed by atoms with Gasteiger partial charge in [-0.3, -0.25) is 4.79 Å². The predicted octanol–water partition coefficient (Wildman–Crippen LogP) is 3.42. The molecular weight excluding hydrogens is 366 g/mol. The molecule has 2 aromatic heterocycles. The first-order valence-electron chi connectivity index (χ1n) is 8.88. The first kappa shape index (κ1) is 17.9. The number of carbonyl (C=O) groups excluding carboxylic acids is 1. The Morgan fingerprint density at radius 1 is 1.30 bits per heavy atom. The summed E-state index contributed by atoms with van der Waals surface area (Å²) >= 11 is 1.65. The van der Waals surface area contributed by atoms with Gasteiger partial charge in [-0.1, -0.05) is 5.16 Å². The summed E-state index contributed by atoms with van der Waals surface area (Å²) in [4.78, 5) is 18.8. The van der Waals surface area contributed by atoms with Gasteiger partial charge in [0.1, 0.15) is 12.4 Å². The summed E-state index contributed by atoms with van der Waals surface area (Å²) in [6, 6.07) is 7.43. The molecule has 0 unspecified atom stereocenters. The molecule has 1 fully saturated rings. The lowest BCUT2D eigenvalue weighted by Gasteiger charge is -2.34. The molecule has 1 amide bonds. The summed E-state index contributed by atoms with van der Waals surface area (Å²) in [5, 5.41) is 4.93. The van der Waals surface area contributed by atoms with Crippen LogP contribution in [0.1, 0.15) is 35.1 Å². The fourth-order valence-corrected chi connectivity index (χ4v) is 4.06. The van der Waals surface area contributed by atoms with Crippen LogP contribution in [0.25, 0.3) is 10.2 Å². The van der Waals surface area contributed by atoms with Crippen LogP contribution in [0.15, 0.2) is 28.8 Å². The number of rotatable bonds is 4. The van der Waals surface area contributed by atoms with Crippen molar-refractivity contribution in [3.63, 3.8) is 0 Å². The topological polar surface area (TPSA) is 77.7 Å². The number of amides is 1. The number of nitrogens with zero attached hydrogens (tertiary/aromatic N) is 3. The maximum Gasteiger partial charge on any atom is 0.276 e. The summed E-state index contributed by atoms with van der Waals surface area (Å²) in [5.41, 5.74) is 1.21. The highest BCUT2D eigenvalue weighted by atomic mass is 32.1. The van der Waals surface area contributed by atoms with Crippen LogP contribution in [0.2, 0.25) is 0 Å². The van der Waals surface area contributed by atoms with Gasteiger partial charge in [-0.25, -0.2) is 4.98 Å². The Balaban J connectivity index is 1.40. The highest BCUT2D eigenvalue weighted by Crippen LogP contribution is 2.26. The standard InChI is InChI=1S/C19H21N3O4S/c1-11-8-22(9-12(2)25-11)19(23)17-7-15(26-21-17)10-24-14-4-5-18-16(6-14)20-13(3)27-18/h4-7,11-12H,8-10H2,1-3H3/t11-,12+. The van der Waals surface area contributed by atoms with Crippen molar-refractivity contribution in [2.45, 2.75) is 39.6 Å². The van der Waals surface area contributed by atoms with Crippen molar-refractivity contribution in [3.05, 3.63) is 40.7 Å². The van der Waals surface area contributed by atoms with E-state index in [0.29, 0.717) is 30.3 Å². The van der Waals surface area contributed by atoms with Crippen LogP contribution < -0.4 is 4.74 Å². The van der Waals surface area contributed by atoms with Crippen LogP contribution in [-0.4, -0.2) is 46.2 Å². The molecule has 4 rings (SSSR count). The molecule has 27 heavy (non-hydrogen) atoms. The van der Waals surface area contributed by atoms with E-state index in [9.17, 15) is 4.79 Å². The third-order valence-electron chi connectivity index (χ3n) is 4.33. The van der Waals surface area contributed by atoms with E-state index in [-0.39, 0.29) is 24.7 Å². The van der Waals surface area contributed by atoms with Crippen LogP contribution in [0.3, 0.4) is 0 Å². The van der Waals surface area contributed by atoms with E-state index in [1.807, 2.05) is 39.0 Å². The minimum Gasteiger partial charge on any atom is -0.485 e. The zero-order valence-electron chi connectivity index (χ0n) is 15.5. The van der Waals surface area contributed by atoms with Gasteiger partial charge in [-0.2, -0.15) is 0 Å². The SMILES string of the molecule is Cc1nc2cc(OCc3cc(C(=O)N4C[C@@H](C)O[C@@H](C)C4)no3)ccc2s1. The number of fused-ring (bicyclic) bond motifs is 1. The average molecular weight is 387 g/mol. The Morgan fingerprint density at radius 2 is 2.07 bits per heavy atom. The molecule has 3 heterocycles. The monoisotopic (exact) mass is 387 g/mol. The summed E-state index contributed by atoms with van der Waals surface area (Å²) < 4.78 is 17.8. The quantitative estimate of drug-likeness (QED) is 0.683. The number of aromatic nitrogens is 2. The lowest BCUT2D eigenvalue weighted by atomic mass is 10.2. The molecule has 0 bridgehead atoms. The van der Waals surface area contributed by atoms with E-state index in [0.717, 1.165) is 15.2 Å². The summed E-state index contributed by atoms with van der Waals surface area (Å²) in [6.45, 7) is 7.19. The highest BCUT2D eigenvalue weighted by Gasteiger charge is 2.28. The van der Waals surface area contributed by atoms with Crippen LogP contribution in [-0.2, 0) is 11.3 Å². The van der Waals surface area contributed by atoms with Crippen molar-refractivity contribution in [2.24, 2.45) is 0 Å². The van der Waals surface area contributed by atoms with Crippen molar-refractivity contribution >= 4 is 27.5 Å². The molecule has 1 aliphatic heterocycles. The molecule has 0 radical (unpaired) electrons. The van der Waals surface area contributed by atoms with Crippen molar-refractivity contribution in [2.75, 3.05) is 13.1 Å². The first-order valence-corrected chi connectivity index (χ1v) is 9.70. The van der Waals surface area contributed by atoms with Crippen LogP contribution >= 0.6 is 11.3 Å². The summed E-state index contributed by atoms with van der Waals surface area (Å²) in [7, 11) is 0. The van der Waals surface area contributed by atoms with Crippen LogP contribution in [0.4, 0.5) is 0 Å². The zero-order chi connectivity index (χ0) is 19.0. The maximum absolute atomic E-state index is 12.6. The van der Waals surface area contributed by atoms with Crippen molar-refractivity contribution in [1.29, 1.82) is 0 Å². The Labute approximate surface area is 160 Å². The van der Waals surface area contributed by atoms with E-state index in [4.69, 9.17) is 14.0 Å². The first-order chi connectivity index (χ1) is 13.0. The van der Waals surface area contributed by atoms with Crippen molar-refractivity contribution in [1.82, 2.24) is 15.0 Å². The Kier molecular flexibility index (Phi) is 4.84. The normalized spacial score (nSPS) is 20.2. The molecule has 2 atom stereocenters. The number of benzene rings is 1. The van der Waals surface area contributed by atoms with Crippen molar-refractivity contribution < 1.29 is 18.8 Å². The number of carbonyl (C=O) groups is 1. The highest BCUT2D eigenvalue weighted by molar-refractivity contribution is 7.18. The molecule has 142 valence electrons. The molecular formula is C19H21N3O4S. The zero-order valence-corrected chi connectivity index (χ0v) is 16.3. The number of morpholine rings is 1. The minimum atomic E-state index is -0.147. The van der Waals surface area contributed by atoms with Crippen LogP contribution in [0.5, 0.6) is 5.75 Å². The van der Waals surface area contributed by atoms with Gasteiger partial charge in [0.25, 0.3) is 5.91 Å². The van der Waals surface area contributed by atoms with Gasteiger partial charge in [-0.05, 0) is 32.9 Å². The minimum absolute atomic E-state index is 0.0108. The predicted molar refractivity (Wildman–Crippen MR) is 101 cm³/mol. The molecule has 3 aromatic rings. The number of thiazole rings is 1. The second-order valence-corrected chi connectivity index (χ2v) is 8.03. The van der Waals surface area contributed by atoms with Gasteiger partial charge in [0.15, 0.2) is 11.5 Å². The third-order valence-corrected chi connectivity index (χ3v) is 5.28. The fraction of sp³-hybridized carbons (Fsp3) is 0.421. The number of ether oxygens (including phenoxy) is 2. The van der Waals surface area contributed by atoms with E-state index in [1.54, 1.807) is 22.3 Å². The van der Waals surface area contributed by atoms with Gasteiger partial charge >= 0.3 is 0 Å². The molecule has 7 nitrogen and oxygen atoms in total. The van der Waals surface area contributed by atoms with E-state index in [2.05, 4.69) is 10.1 Å².